The number of hydrogen-bond acceptors (Lipinski definition) is 9. The van der Waals surface area contributed by atoms with Crippen LogP contribution in [0.5, 0.6) is 0 Å². The lowest BCUT2D eigenvalue weighted by atomic mass is 10.2. The van der Waals surface area contributed by atoms with Gasteiger partial charge in [0.05, 0.1) is 5.69 Å². The first-order chi connectivity index (χ1) is 13.7. The number of nitrogens with zero attached hydrogens (tertiary/aromatic N) is 5. The second-order valence-electron chi connectivity index (χ2n) is 6.11. The van der Waals surface area contributed by atoms with Crippen LogP contribution in [0.15, 0.2) is 30.7 Å². The molecule has 146 valence electrons. The van der Waals surface area contributed by atoms with E-state index in [4.69, 9.17) is 0 Å². The van der Waals surface area contributed by atoms with E-state index in [0.29, 0.717) is 29.6 Å². The van der Waals surface area contributed by atoms with Gasteiger partial charge in [-0.25, -0.2) is 15.0 Å². The molecule has 0 aliphatic carbocycles. The third kappa shape index (κ3) is 5.43. The first-order valence-electron chi connectivity index (χ1n) is 9.00. The molecule has 1 amide bonds. The molecule has 10 heteroatoms. The molecule has 0 aliphatic heterocycles. The van der Waals surface area contributed by atoms with Crippen molar-refractivity contribution in [2.75, 3.05) is 23.7 Å². The Morgan fingerprint density at radius 2 is 1.93 bits per heavy atom. The zero-order valence-electron chi connectivity index (χ0n) is 15.8. The highest BCUT2D eigenvalue weighted by atomic mass is 32.1. The van der Waals surface area contributed by atoms with Crippen molar-refractivity contribution in [1.29, 1.82) is 0 Å². The van der Waals surface area contributed by atoms with Crippen LogP contribution in [-0.4, -0.2) is 43.5 Å². The van der Waals surface area contributed by atoms with Crippen LogP contribution in [0.1, 0.15) is 34.3 Å². The van der Waals surface area contributed by atoms with E-state index < -0.39 is 0 Å². The zero-order chi connectivity index (χ0) is 19.8. The smallest absolute Gasteiger partial charge is 0.265 e. The number of pyridine rings is 1. The van der Waals surface area contributed by atoms with Crippen molar-refractivity contribution in [3.05, 3.63) is 46.9 Å². The minimum absolute atomic E-state index is 0.143. The SMILES string of the molecule is CCCc1nnsc1C(=O)NCCNc1cc(Nc2cc(C)ccn2)ncn1. The van der Waals surface area contributed by atoms with Gasteiger partial charge < -0.3 is 16.0 Å². The molecule has 0 saturated carbocycles. The van der Waals surface area contributed by atoms with Crippen molar-refractivity contribution in [2.45, 2.75) is 26.7 Å². The second kappa shape index (κ2) is 9.70. The summed E-state index contributed by atoms with van der Waals surface area (Å²) < 4.78 is 3.87. The molecule has 0 radical (unpaired) electrons. The van der Waals surface area contributed by atoms with Crippen LogP contribution in [0, 0.1) is 6.92 Å². The van der Waals surface area contributed by atoms with Gasteiger partial charge in [0.15, 0.2) is 0 Å². The lowest BCUT2D eigenvalue weighted by Crippen LogP contribution is -2.29. The molecule has 9 nitrogen and oxygen atoms in total. The van der Waals surface area contributed by atoms with Gasteiger partial charge in [-0.2, -0.15) is 0 Å². The number of aromatic nitrogens is 5. The molecule has 3 aromatic heterocycles. The van der Waals surface area contributed by atoms with E-state index in [1.165, 1.54) is 6.33 Å². The molecular weight excluding hydrogens is 376 g/mol. The van der Waals surface area contributed by atoms with Crippen molar-refractivity contribution in [2.24, 2.45) is 0 Å². The summed E-state index contributed by atoms with van der Waals surface area (Å²) in [5, 5.41) is 13.2. The van der Waals surface area contributed by atoms with Gasteiger partial charge >= 0.3 is 0 Å². The molecule has 0 aromatic carbocycles. The van der Waals surface area contributed by atoms with Crippen molar-refractivity contribution in [1.82, 2.24) is 29.9 Å². The molecule has 0 unspecified atom stereocenters. The number of nitrogens with one attached hydrogen (secondary N) is 3. The zero-order valence-corrected chi connectivity index (χ0v) is 16.6. The van der Waals surface area contributed by atoms with E-state index in [1.807, 2.05) is 26.0 Å². The molecule has 3 heterocycles. The highest BCUT2D eigenvalue weighted by molar-refractivity contribution is 7.08. The average molecular weight is 398 g/mol. The molecule has 3 rings (SSSR count). The Kier molecular flexibility index (Phi) is 6.79. The summed E-state index contributed by atoms with van der Waals surface area (Å²) in [4.78, 5) is 25.5. The molecule has 0 fully saturated rings. The maximum Gasteiger partial charge on any atom is 0.265 e. The number of carbonyl (C=O) groups excluding carboxylic acids is 1. The Hall–Kier alpha value is -3.14. The molecule has 0 spiro atoms. The van der Waals surface area contributed by atoms with Crippen molar-refractivity contribution in [3.63, 3.8) is 0 Å². The van der Waals surface area contributed by atoms with Crippen molar-refractivity contribution in [3.8, 4) is 0 Å². The van der Waals surface area contributed by atoms with Gasteiger partial charge in [0.25, 0.3) is 5.91 Å². The Bertz CT molecular complexity index is 929. The van der Waals surface area contributed by atoms with Crippen molar-refractivity contribution >= 4 is 34.9 Å². The minimum Gasteiger partial charge on any atom is -0.368 e. The van der Waals surface area contributed by atoms with E-state index in [0.717, 1.165) is 41.4 Å². The summed E-state index contributed by atoms with van der Waals surface area (Å²) in [5.74, 6) is 1.87. The number of carbonyl (C=O) groups is 1. The normalized spacial score (nSPS) is 10.5. The third-order valence-electron chi connectivity index (χ3n) is 3.80. The Morgan fingerprint density at radius 1 is 1.11 bits per heavy atom. The summed E-state index contributed by atoms with van der Waals surface area (Å²) in [6.07, 6.45) is 4.89. The fourth-order valence-electron chi connectivity index (χ4n) is 2.49. The van der Waals surface area contributed by atoms with Crippen LogP contribution >= 0.6 is 11.5 Å². The number of rotatable bonds is 9. The Balaban J connectivity index is 1.48. The summed E-state index contributed by atoms with van der Waals surface area (Å²) in [7, 11) is 0. The number of aryl methyl sites for hydroxylation is 2. The van der Waals surface area contributed by atoms with Gasteiger partial charge in [-0.15, -0.1) is 5.10 Å². The van der Waals surface area contributed by atoms with E-state index in [9.17, 15) is 4.79 Å². The maximum atomic E-state index is 12.2. The third-order valence-corrected chi connectivity index (χ3v) is 4.57. The topological polar surface area (TPSA) is 118 Å². The number of hydrogen-bond donors (Lipinski definition) is 3. The van der Waals surface area contributed by atoms with Gasteiger partial charge in [-0.05, 0) is 42.6 Å². The van der Waals surface area contributed by atoms with Crippen LogP contribution in [-0.2, 0) is 6.42 Å². The Labute approximate surface area is 167 Å². The molecule has 0 saturated heterocycles. The van der Waals surface area contributed by atoms with Gasteiger partial charge in [0.1, 0.15) is 28.7 Å². The standard InChI is InChI=1S/C18H22N8OS/c1-3-4-13-17(28-26-25-13)18(27)21-8-7-20-14-10-16(23-11-22-14)24-15-9-12(2)5-6-19-15/h5-6,9-11H,3-4,7-8H2,1-2H3,(H,21,27)(H2,19,20,22,23,24). The molecule has 3 aromatic rings. The second-order valence-corrected chi connectivity index (χ2v) is 6.87. The fraction of sp³-hybridized carbons (Fsp3) is 0.333. The lowest BCUT2D eigenvalue weighted by molar-refractivity contribution is 0.0958. The van der Waals surface area contributed by atoms with Gasteiger partial charge in [-0.1, -0.05) is 17.8 Å². The van der Waals surface area contributed by atoms with Crippen LogP contribution in [0.25, 0.3) is 0 Å². The Morgan fingerprint density at radius 3 is 2.75 bits per heavy atom. The van der Waals surface area contributed by atoms with Gasteiger partial charge in [-0.3, -0.25) is 4.79 Å². The first-order valence-corrected chi connectivity index (χ1v) is 9.78. The largest absolute Gasteiger partial charge is 0.368 e. The molecular formula is C18H22N8OS. The molecule has 0 bridgehead atoms. The highest BCUT2D eigenvalue weighted by Crippen LogP contribution is 2.15. The van der Waals surface area contributed by atoms with Crippen LogP contribution in [0.3, 0.4) is 0 Å². The highest BCUT2D eigenvalue weighted by Gasteiger charge is 2.14. The summed E-state index contributed by atoms with van der Waals surface area (Å²) in [6, 6.07) is 5.66. The lowest BCUT2D eigenvalue weighted by Gasteiger charge is -2.09. The predicted octanol–water partition coefficient (Wildman–Crippen LogP) is 2.57. The van der Waals surface area contributed by atoms with E-state index in [-0.39, 0.29) is 5.91 Å². The molecule has 3 N–H and O–H groups in total. The van der Waals surface area contributed by atoms with Crippen LogP contribution in [0.2, 0.25) is 0 Å². The number of amides is 1. The van der Waals surface area contributed by atoms with Crippen LogP contribution in [0.4, 0.5) is 17.5 Å². The first kappa shape index (κ1) is 19.6. The number of anilines is 3. The molecule has 0 atom stereocenters. The average Bonchev–Trinajstić information content (AvgIpc) is 3.14. The van der Waals surface area contributed by atoms with Crippen LogP contribution < -0.4 is 16.0 Å². The van der Waals surface area contributed by atoms with E-state index in [2.05, 4.69) is 40.5 Å². The van der Waals surface area contributed by atoms with E-state index in [1.54, 1.807) is 12.3 Å². The fourth-order valence-corrected chi connectivity index (χ4v) is 3.11. The summed E-state index contributed by atoms with van der Waals surface area (Å²) in [6.45, 7) is 5.03. The minimum atomic E-state index is -0.143. The monoisotopic (exact) mass is 398 g/mol. The summed E-state index contributed by atoms with van der Waals surface area (Å²) in [5.41, 5.74) is 1.87. The molecule has 28 heavy (non-hydrogen) atoms. The quantitative estimate of drug-likeness (QED) is 0.471. The summed E-state index contributed by atoms with van der Waals surface area (Å²) >= 11 is 1.13. The predicted molar refractivity (Wildman–Crippen MR) is 109 cm³/mol. The molecule has 0 aliphatic rings. The van der Waals surface area contributed by atoms with Gasteiger partial charge in [0.2, 0.25) is 0 Å². The van der Waals surface area contributed by atoms with Gasteiger partial charge in [0, 0.05) is 25.4 Å². The van der Waals surface area contributed by atoms with E-state index >= 15 is 0 Å². The maximum absolute atomic E-state index is 12.2. The van der Waals surface area contributed by atoms with Crippen molar-refractivity contribution < 1.29 is 4.79 Å².